The summed E-state index contributed by atoms with van der Waals surface area (Å²) in [5.74, 6) is 0. The predicted octanol–water partition coefficient (Wildman–Crippen LogP) is 1.06. The maximum Gasteiger partial charge on any atom is 0.407 e. The van der Waals surface area contributed by atoms with E-state index in [2.05, 4.69) is 4.98 Å². The predicted molar refractivity (Wildman–Crippen MR) is 55.0 cm³/mol. The van der Waals surface area contributed by atoms with Gasteiger partial charge in [-0.15, -0.1) is 0 Å². The molecule has 1 amide bonds. The van der Waals surface area contributed by atoms with Gasteiger partial charge in [-0.05, 0) is 12.1 Å². The number of amides is 1. The second kappa shape index (κ2) is 3.18. The van der Waals surface area contributed by atoms with E-state index in [1.807, 2.05) is 18.2 Å². The van der Waals surface area contributed by atoms with Crippen molar-refractivity contribution in [3.8, 4) is 0 Å². The molecule has 0 bridgehead atoms. The average Bonchev–Trinajstić information content (AvgIpc) is 3.04. The molecule has 1 N–H and O–H groups in total. The molecule has 2 unspecified atom stereocenters. The molecule has 0 aliphatic carbocycles. The third-order valence-corrected chi connectivity index (χ3v) is 3.32. The van der Waals surface area contributed by atoms with Crippen molar-refractivity contribution in [2.45, 2.75) is 18.1 Å². The van der Waals surface area contributed by atoms with Crippen LogP contribution in [0.2, 0.25) is 0 Å². The van der Waals surface area contributed by atoms with Crippen LogP contribution in [-0.4, -0.2) is 40.3 Å². The first kappa shape index (κ1) is 9.59. The monoisotopic (exact) mass is 220 g/mol. The Balaban J connectivity index is 1.80. The largest absolute Gasteiger partial charge is 0.465 e. The van der Waals surface area contributed by atoms with Crippen LogP contribution in [0.3, 0.4) is 0 Å². The highest BCUT2D eigenvalue weighted by molar-refractivity contribution is 5.65. The summed E-state index contributed by atoms with van der Waals surface area (Å²) in [7, 11) is 0. The van der Waals surface area contributed by atoms with Gasteiger partial charge >= 0.3 is 6.09 Å². The van der Waals surface area contributed by atoms with Gasteiger partial charge in [0.25, 0.3) is 0 Å². The lowest BCUT2D eigenvalue weighted by molar-refractivity contribution is 0.135. The topological polar surface area (TPSA) is 66.0 Å². The first-order valence-corrected chi connectivity index (χ1v) is 5.29. The summed E-state index contributed by atoms with van der Waals surface area (Å²) in [5.41, 5.74) is 0.609. The highest BCUT2D eigenvalue weighted by Gasteiger charge is 2.61. The molecule has 5 nitrogen and oxygen atoms in total. The highest BCUT2D eigenvalue weighted by Crippen LogP contribution is 2.50. The molecule has 2 aliphatic rings. The Morgan fingerprint density at radius 2 is 2.50 bits per heavy atom. The summed E-state index contributed by atoms with van der Waals surface area (Å²) in [6.45, 7) is 0.967. The van der Waals surface area contributed by atoms with E-state index in [0.29, 0.717) is 19.5 Å². The second-order valence-corrected chi connectivity index (χ2v) is 4.19. The summed E-state index contributed by atoms with van der Waals surface area (Å²) < 4.78 is 5.66. The summed E-state index contributed by atoms with van der Waals surface area (Å²) >= 11 is 0. The van der Waals surface area contributed by atoms with E-state index in [9.17, 15) is 4.79 Å². The lowest BCUT2D eigenvalue weighted by atomic mass is 9.93. The molecule has 1 aromatic rings. The molecular formula is C11H12N2O3. The number of carboxylic acid groups (broad SMARTS) is 1. The Morgan fingerprint density at radius 3 is 3.12 bits per heavy atom. The van der Waals surface area contributed by atoms with Crippen LogP contribution in [0.1, 0.15) is 12.1 Å². The molecule has 2 saturated heterocycles. The molecule has 5 heteroatoms. The van der Waals surface area contributed by atoms with Crippen LogP contribution in [-0.2, 0) is 10.3 Å². The fraction of sp³-hybridized carbons (Fsp3) is 0.455. The standard InChI is InChI=1S/C11H12N2O3/c14-10(15)13-6-4-11(9(7-13)16-11)8-3-1-2-5-12-8/h1-3,5,9H,4,6-7H2,(H,14,15). The fourth-order valence-corrected chi connectivity index (χ4v) is 2.36. The van der Waals surface area contributed by atoms with Crippen LogP contribution in [0.15, 0.2) is 24.4 Å². The van der Waals surface area contributed by atoms with Crippen molar-refractivity contribution < 1.29 is 14.6 Å². The van der Waals surface area contributed by atoms with Gasteiger partial charge < -0.3 is 14.7 Å². The number of fused-ring (bicyclic) bond motifs is 1. The third-order valence-electron chi connectivity index (χ3n) is 3.32. The molecule has 3 rings (SSSR count). The van der Waals surface area contributed by atoms with E-state index in [0.717, 1.165) is 5.69 Å². The highest BCUT2D eigenvalue weighted by atomic mass is 16.6. The maximum absolute atomic E-state index is 10.8. The van der Waals surface area contributed by atoms with Crippen LogP contribution in [0, 0.1) is 0 Å². The number of epoxide rings is 1. The van der Waals surface area contributed by atoms with Gasteiger partial charge in [-0.2, -0.15) is 0 Å². The third kappa shape index (κ3) is 1.28. The minimum atomic E-state index is -0.870. The number of aromatic nitrogens is 1. The lowest BCUT2D eigenvalue weighted by Crippen LogP contribution is -2.41. The van der Waals surface area contributed by atoms with E-state index in [-0.39, 0.29) is 11.7 Å². The number of ether oxygens (including phenoxy) is 1. The number of likely N-dealkylation sites (tertiary alicyclic amines) is 1. The first-order valence-electron chi connectivity index (χ1n) is 5.29. The van der Waals surface area contributed by atoms with E-state index >= 15 is 0 Å². The molecule has 3 heterocycles. The molecule has 0 radical (unpaired) electrons. The van der Waals surface area contributed by atoms with Crippen molar-refractivity contribution in [1.29, 1.82) is 0 Å². The Hall–Kier alpha value is -1.62. The number of carbonyl (C=O) groups is 1. The summed E-state index contributed by atoms with van der Waals surface area (Å²) in [6, 6.07) is 5.74. The molecule has 0 spiro atoms. The van der Waals surface area contributed by atoms with E-state index < -0.39 is 6.09 Å². The summed E-state index contributed by atoms with van der Waals surface area (Å²) in [4.78, 5) is 16.5. The zero-order valence-corrected chi connectivity index (χ0v) is 8.67. The van der Waals surface area contributed by atoms with Crippen molar-refractivity contribution >= 4 is 6.09 Å². The number of hydrogen-bond donors (Lipinski definition) is 1. The number of hydrogen-bond acceptors (Lipinski definition) is 3. The van der Waals surface area contributed by atoms with Crippen LogP contribution in [0.25, 0.3) is 0 Å². The normalized spacial score (nSPS) is 32.0. The molecule has 0 aromatic carbocycles. The SMILES string of the molecule is O=C(O)N1CCC2(c3ccccn3)OC2C1. The Bertz CT molecular complexity index is 422. The van der Waals surface area contributed by atoms with E-state index in [4.69, 9.17) is 9.84 Å². The molecule has 0 saturated carbocycles. The maximum atomic E-state index is 10.8. The van der Waals surface area contributed by atoms with Crippen LogP contribution < -0.4 is 0 Å². The van der Waals surface area contributed by atoms with Gasteiger partial charge in [0, 0.05) is 19.2 Å². The number of piperidine rings is 1. The Labute approximate surface area is 92.7 Å². The fourth-order valence-electron chi connectivity index (χ4n) is 2.36. The first-order chi connectivity index (χ1) is 7.72. The number of nitrogens with zero attached hydrogens (tertiary/aromatic N) is 2. The quantitative estimate of drug-likeness (QED) is 0.718. The van der Waals surface area contributed by atoms with Crippen molar-refractivity contribution in [1.82, 2.24) is 9.88 Å². The van der Waals surface area contributed by atoms with Gasteiger partial charge in [0.1, 0.15) is 11.7 Å². The molecule has 1 aromatic heterocycles. The average molecular weight is 220 g/mol. The molecule has 2 fully saturated rings. The van der Waals surface area contributed by atoms with E-state index in [1.54, 1.807) is 6.20 Å². The summed E-state index contributed by atoms with van der Waals surface area (Å²) in [5, 5.41) is 8.88. The van der Waals surface area contributed by atoms with Gasteiger partial charge in [-0.25, -0.2) is 4.79 Å². The zero-order chi connectivity index (χ0) is 11.2. The number of pyridine rings is 1. The minimum absolute atomic E-state index is 0.0211. The summed E-state index contributed by atoms with van der Waals surface area (Å²) in [6.07, 6.45) is 1.55. The van der Waals surface area contributed by atoms with Crippen LogP contribution in [0.4, 0.5) is 4.79 Å². The Kier molecular flexibility index (Phi) is 1.91. The van der Waals surface area contributed by atoms with Gasteiger partial charge in [0.05, 0.1) is 12.2 Å². The van der Waals surface area contributed by atoms with E-state index in [1.165, 1.54) is 4.90 Å². The van der Waals surface area contributed by atoms with Crippen molar-refractivity contribution in [3.63, 3.8) is 0 Å². The molecule has 84 valence electrons. The van der Waals surface area contributed by atoms with Crippen LogP contribution in [0.5, 0.6) is 0 Å². The molecule has 2 atom stereocenters. The van der Waals surface area contributed by atoms with Crippen molar-refractivity contribution in [2.75, 3.05) is 13.1 Å². The molecule has 2 aliphatic heterocycles. The van der Waals surface area contributed by atoms with Gasteiger partial charge in [0.15, 0.2) is 0 Å². The lowest BCUT2D eigenvalue weighted by Gasteiger charge is -2.25. The van der Waals surface area contributed by atoms with Crippen molar-refractivity contribution in [2.24, 2.45) is 0 Å². The van der Waals surface area contributed by atoms with Gasteiger partial charge in [-0.3, -0.25) is 4.98 Å². The second-order valence-electron chi connectivity index (χ2n) is 4.19. The van der Waals surface area contributed by atoms with Crippen molar-refractivity contribution in [3.05, 3.63) is 30.1 Å². The Morgan fingerprint density at radius 1 is 1.62 bits per heavy atom. The van der Waals surface area contributed by atoms with Gasteiger partial charge in [0.2, 0.25) is 0 Å². The smallest absolute Gasteiger partial charge is 0.407 e. The van der Waals surface area contributed by atoms with Crippen LogP contribution >= 0.6 is 0 Å². The minimum Gasteiger partial charge on any atom is -0.465 e. The number of rotatable bonds is 1. The van der Waals surface area contributed by atoms with Gasteiger partial charge in [-0.1, -0.05) is 6.07 Å². The zero-order valence-electron chi connectivity index (χ0n) is 8.67. The molecule has 16 heavy (non-hydrogen) atoms. The molecular weight excluding hydrogens is 208 g/mol.